The molecule has 0 aliphatic carbocycles. The molecule has 0 amide bonds. The summed E-state index contributed by atoms with van der Waals surface area (Å²) in [6, 6.07) is 10.2. The molecule has 0 spiro atoms. The highest BCUT2D eigenvalue weighted by Gasteiger charge is 2.19. The average molecular weight is 501 g/mol. The maximum Gasteiger partial charge on any atom is 0.190 e. The van der Waals surface area contributed by atoms with Crippen LogP contribution in [0.5, 0.6) is 0 Å². The van der Waals surface area contributed by atoms with Crippen molar-refractivity contribution in [3.05, 3.63) is 54.6 Å². The number of nitrogens with two attached hydrogens (primary N) is 1. The second-order valence-electron chi connectivity index (χ2n) is 6.19. The molecule has 2 N–H and O–H groups in total. The molecule has 178 valence electrons. The summed E-state index contributed by atoms with van der Waals surface area (Å²) in [4.78, 5) is 14.9. The number of hydrogen-bond acceptors (Lipinski definition) is 7. The fourth-order valence-corrected chi connectivity index (χ4v) is 5.65. The molecule has 0 unspecified atom stereocenters. The highest BCUT2D eigenvalue weighted by atomic mass is 32.2. The number of fused-ring (bicyclic) bond motifs is 1. The molecule has 3 heterocycles. The number of unbranched alkanes of at least 4 members (excludes halogenated alkanes) is 1. The van der Waals surface area contributed by atoms with Gasteiger partial charge in [-0.15, -0.1) is 41.0 Å². The Hall–Kier alpha value is -2.22. The van der Waals surface area contributed by atoms with Crippen LogP contribution in [-0.4, -0.2) is 20.7 Å². The van der Waals surface area contributed by atoms with Gasteiger partial charge in [0, 0.05) is 17.1 Å². The van der Waals surface area contributed by atoms with Crippen molar-refractivity contribution in [1.29, 1.82) is 0 Å². The molecule has 4 rings (SSSR count). The van der Waals surface area contributed by atoms with Crippen molar-refractivity contribution in [2.45, 2.75) is 58.6 Å². The van der Waals surface area contributed by atoms with Crippen LogP contribution < -0.4 is 5.73 Å². The minimum atomic E-state index is 0.665. The summed E-state index contributed by atoms with van der Waals surface area (Å²) in [6.45, 7) is 15.5. The van der Waals surface area contributed by atoms with E-state index in [1.165, 1.54) is 12.8 Å². The first kappa shape index (κ1) is 28.8. The van der Waals surface area contributed by atoms with Crippen molar-refractivity contribution in [3.8, 4) is 22.1 Å². The highest BCUT2D eigenvalue weighted by molar-refractivity contribution is 8.01. The predicted molar refractivity (Wildman–Crippen MR) is 153 cm³/mol. The molecule has 0 atom stereocenters. The van der Waals surface area contributed by atoms with Crippen LogP contribution >= 0.6 is 34.4 Å². The van der Waals surface area contributed by atoms with Crippen LogP contribution in [0.25, 0.3) is 32.3 Å². The molecule has 3 aromatic heterocycles. The molecule has 7 heteroatoms. The zero-order valence-corrected chi connectivity index (χ0v) is 23.0. The van der Waals surface area contributed by atoms with Crippen molar-refractivity contribution in [2.24, 2.45) is 0 Å². The van der Waals surface area contributed by atoms with Crippen molar-refractivity contribution in [3.63, 3.8) is 0 Å². The first-order valence-corrected chi connectivity index (χ1v) is 14.1. The number of nitrogens with zero attached hydrogens (tertiary/aromatic N) is 3. The molecule has 0 aliphatic rings. The predicted octanol–water partition coefficient (Wildman–Crippen LogP) is 9.20. The van der Waals surface area contributed by atoms with Crippen LogP contribution in [0.1, 0.15) is 54.4 Å². The molecule has 1 aromatic carbocycles. The smallest absolute Gasteiger partial charge is 0.190 e. The topological polar surface area (TPSA) is 64.7 Å². The molecule has 33 heavy (non-hydrogen) atoms. The Labute approximate surface area is 211 Å². The number of aromatic nitrogens is 3. The fraction of sp³-hybridized carbons (Fsp3) is 0.346. The lowest BCUT2D eigenvalue weighted by molar-refractivity contribution is 0.897. The van der Waals surface area contributed by atoms with Gasteiger partial charge in [0.05, 0.1) is 21.0 Å². The van der Waals surface area contributed by atoms with E-state index in [9.17, 15) is 0 Å². The van der Waals surface area contributed by atoms with Gasteiger partial charge >= 0.3 is 0 Å². The van der Waals surface area contributed by atoms with E-state index in [-0.39, 0.29) is 0 Å². The van der Waals surface area contributed by atoms with Crippen LogP contribution in [0.3, 0.4) is 0 Å². The molecular weight excluding hydrogens is 465 g/mol. The summed E-state index contributed by atoms with van der Waals surface area (Å²) < 4.78 is 1.14. The van der Waals surface area contributed by atoms with Crippen molar-refractivity contribution in [2.75, 3.05) is 11.5 Å². The third-order valence-corrected chi connectivity index (χ3v) is 7.20. The number of thiophene rings is 1. The van der Waals surface area contributed by atoms with Gasteiger partial charge < -0.3 is 5.73 Å². The van der Waals surface area contributed by atoms with E-state index < -0.39 is 0 Å². The van der Waals surface area contributed by atoms with Gasteiger partial charge in [0.1, 0.15) is 4.83 Å². The number of allylic oxidation sites excluding steroid dienone is 1. The van der Waals surface area contributed by atoms with Gasteiger partial charge in [-0.25, -0.2) is 15.0 Å². The summed E-state index contributed by atoms with van der Waals surface area (Å²) in [6.07, 6.45) is 5.89. The second-order valence-corrected chi connectivity index (χ2v) is 9.45. The first-order chi connectivity index (χ1) is 16.2. The maximum atomic E-state index is 6.52. The normalized spacial score (nSPS) is 9.64. The third kappa shape index (κ3) is 7.95. The fourth-order valence-electron chi connectivity index (χ4n) is 2.65. The van der Waals surface area contributed by atoms with E-state index in [1.54, 1.807) is 34.9 Å². The van der Waals surface area contributed by atoms with Crippen molar-refractivity contribution >= 4 is 50.3 Å². The standard InChI is InChI=1S/C19H18N4S3.C3H6.2C2H6/c1-2-3-10-25-19-14(20)13-15(12-7-5-4-6-8-12)22-16(23-17(13)26-19)18-21-9-11-24-18;1-3-2;2*1-2/h4-9,11H,2-3,10,20H2,1H3;3H,1H2,2H3;2*1-2H3. The van der Waals surface area contributed by atoms with E-state index in [2.05, 4.69) is 30.6 Å². The highest BCUT2D eigenvalue weighted by Crippen LogP contribution is 2.44. The number of rotatable bonds is 6. The number of anilines is 1. The lowest BCUT2D eigenvalue weighted by Gasteiger charge is -2.06. The molecule has 4 nitrogen and oxygen atoms in total. The van der Waals surface area contributed by atoms with Crippen LogP contribution in [0.15, 0.2) is 58.8 Å². The van der Waals surface area contributed by atoms with Crippen molar-refractivity contribution in [1.82, 2.24) is 15.0 Å². The summed E-state index contributed by atoms with van der Waals surface area (Å²) in [7, 11) is 0. The van der Waals surface area contributed by atoms with Crippen molar-refractivity contribution < 1.29 is 0 Å². The Bertz CT molecular complexity index is 1060. The number of thioether (sulfide) groups is 1. The van der Waals surface area contributed by atoms with E-state index >= 15 is 0 Å². The molecular formula is C26H36N4S3. The summed E-state index contributed by atoms with van der Waals surface area (Å²) in [5.41, 5.74) is 9.26. The second kappa shape index (κ2) is 16.4. The quantitative estimate of drug-likeness (QED) is 0.162. The Morgan fingerprint density at radius 3 is 2.33 bits per heavy atom. The Morgan fingerprint density at radius 2 is 1.76 bits per heavy atom. The number of benzene rings is 1. The zero-order chi connectivity index (χ0) is 24.6. The Morgan fingerprint density at radius 1 is 1.09 bits per heavy atom. The van der Waals surface area contributed by atoms with Gasteiger partial charge in [-0.05, 0) is 19.1 Å². The first-order valence-electron chi connectivity index (χ1n) is 11.4. The molecule has 0 radical (unpaired) electrons. The van der Waals surface area contributed by atoms with Crippen LogP contribution in [0.4, 0.5) is 5.69 Å². The Kier molecular flexibility index (Phi) is 14.3. The minimum absolute atomic E-state index is 0.665. The van der Waals surface area contributed by atoms with Crippen LogP contribution in [0.2, 0.25) is 0 Å². The lowest BCUT2D eigenvalue weighted by atomic mass is 10.1. The summed E-state index contributed by atoms with van der Waals surface area (Å²) in [5, 5.41) is 3.73. The van der Waals surface area contributed by atoms with Gasteiger partial charge in [0.15, 0.2) is 10.8 Å². The average Bonchev–Trinajstić information content (AvgIpc) is 3.51. The van der Waals surface area contributed by atoms with E-state index in [4.69, 9.17) is 15.7 Å². The van der Waals surface area contributed by atoms with Crippen LogP contribution in [-0.2, 0) is 0 Å². The summed E-state index contributed by atoms with van der Waals surface area (Å²) >= 11 is 5.02. The molecule has 0 bridgehead atoms. The van der Waals surface area contributed by atoms with E-state index in [0.717, 1.165) is 42.1 Å². The Balaban J connectivity index is 0.000000705. The summed E-state index contributed by atoms with van der Waals surface area (Å²) in [5.74, 6) is 1.73. The van der Waals surface area contributed by atoms with Gasteiger partial charge in [0.2, 0.25) is 0 Å². The maximum absolute atomic E-state index is 6.52. The van der Waals surface area contributed by atoms with Gasteiger partial charge in [0.25, 0.3) is 0 Å². The number of nitrogen functional groups attached to an aromatic ring is 1. The van der Waals surface area contributed by atoms with Crippen LogP contribution in [0, 0.1) is 0 Å². The van der Waals surface area contributed by atoms with Gasteiger partial charge in [-0.1, -0.05) is 77.4 Å². The number of hydrogen-bond donors (Lipinski definition) is 1. The zero-order valence-electron chi connectivity index (χ0n) is 20.6. The van der Waals surface area contributed by atoms with Gasteiger partial charge in [-0.3, -0.25) is 0 Å². The molecule has 4 aromatic rings. The lowest BCUT2D eigenvalue weighted by Crippen LogP contribution is -1.95. The molecule has 0 saturated heterocycles. The monoisotopic (exact) mass is 500 g/mol. The van der Waals surface area contributed by atoms with E-state index in [1.807, 2.05) is 70.0 Å². The minimum Gasteiger partial charge on any atom is -0.397 e. The SMILES string of the molecule is C=CC.CC.CC.CCCCSc1sc2nc(-c3nccs3)nc(-c3ccccc3)c2c1N. The molecule has 0 fully saturated rings. The third-order valence-electron chi connectivity index (χ3n) is 3.96. The largest absolute Gasteiger partial charge is 0.397 e. The molecule has 0 saturated carbocycles. The number of thiazole rings is 1. The van der Waals surface area contributed by atoms with E-state index in [0.29, 0.717) is 5.82 Å². The van der Waals surface area contributed by atoms with Gasteiger partial charge in [-0.2, -0.15) is 0 Å². The molecule has 0 aliphatic heterocycles.